The number of rotatable bonds is 2. The fourth-order valence-corrected chi connectivity index (χ4v) is 2.41. The van der Waals surface area contributed by atoms with Gasteiger partial charge >= 0.3 is 0 Å². The van der Waals surface area contributed by atoms with E-state index < -0.39 is 0 Å². The molecule has 0 radical (unpaired) electrons. The van der Waals surface area contributed by atoms with Gasteiger partial charge < -0.3 is 10.2 Å². The maximum atomic E-state index is 12.3. The number of carbonyl (C=O) groups excluding carboxylic acids is 1. The molecule has 0 spiro atoms. The first-order valence-corrected chi connectivity index (χ1v) is 6.93. The lowest BCUT2D eigenvalue weighted by atomic mass is 10.3. The molecule has 1 aromatic carbocycles. The van der Waals surface area contributed by atoms with Crippen LogP contribution in [0.5, 0.6) is 0 Å². The summed E-state index contributed by atoms with van der Waals surface area (Å²) in [5, 5.41) is 8.21. The maximum Gasteiger partial charge on any atom is 0.274 e. The second-order valence-electron chi connectivity index (χ2n) is 4.67. The van der Waals surface area contributed by atoms with Crippen LogP contribution in [0.3, 0.4) is 0 Å². The zero-order chi connectivity index (χ0) is 13.9. The first-order chi connectivity index (χ1) is 9.74. The standard InChI is InChI=1S/C14H15ClN4O/c15-11-2-1-3-12(10-11)19-7-4-13(17-19)14(20)18-8-5-16-6-9-18/h1-4,7,10,16H,5-6,8-9H2. The van der Waals surface area contributed by atoms with Crippen molar-refractivity contribution in [1.82, 2.24) is 20.0 Å². The van der Waals surface area contributed by atoms with Gasteiger partial charge in [-0.05, 0) is 24.3 Å². The number of benzene rings is 1. The van der Waals surface area contributed by atoms with Gasteiger partial charge in [0.05, 0.1) is 5.69 Å². The number of amides is 1. The zero-order valence-corrected chi connectivity index (χ0v) is 11.7. The van der Waals surface area contributed by atoms with Gasteiger partial charge in [-0.3, -0.25) is 4.79 Å². The Hall–Kier alpha value is -1.85. The van der Waals surface area contributed by atoms with E-state index in [1.165, 1.54) is 0 Å². The minimum atomic E-state index is -0.0210. The monoisotopic (exact) mass is 290 g/mol. The minimum absolute atomic E-state index is 0.0210. The molecule has 0 atom stereocenters. The maximum absolute atomic E-state index is 12.3. The van der Waals surface area contributed by atoms with Crippen LogP contribution in [-0.4, -0.2) is 46.8 Å². The molecule has 1 N–H and O–H groups in total. The van der Waals surface area contributed by atoms with Crippen LogP contribution in [0.2, 0.25) is 5.02 Å². The SMILES string of the molecule is O=C(c1ccn(-c2cccc(Cl)c2)n1)N1CCNCC1. The Kier molecular flexibility index (Phi) is 3.71. The smallest absolute Gasteiger partial charge is 0.274 e. The Bertz CT molecular complexity index is 619. The predicted molar refractivity (Wildman–Crippen MR) is 77.3 cm³/mol. The molecular weight excluding hydrogens is 276 g/mol. The van der Waals surface area contributed by atoms with Gasteiger partial charge in [0.2, 0.25) is 0 Å². The number of carbonyl (C=O) groups is 1. The van der Waals surface area contributed by atoms with E-state index in [1.807, 2.05) is 23.1 Å². The molecule has 104 valence electrons. The largest absolute Gasteiger partial charge is 0.335 e. The summed E-state index contributed by atoms with van der Waals surface area (Å²) in [6.45, 7) is 3.12. The van der Waals surface area contributed by atoms with Gasteiger partial charge in [-0.25, -0.2) is 4.68 Å². The third-order valence-electron chi connectivity index (χ3n) is 3.29. The summed E-state index contributed by atoms with van der Waals surface area (Å²) in [5.41, 5.74) is 1.31. The average Bonchev–Trinajstić information content (AvgIpc) is 2.97. The normalized spacial score (nSPS) is 15.3. The lowest BCUT2D eigenvalue weighted by Crippen LogP contribution is -2.46. The Morgan fingerprint density at radius 3 is 2.80 bits per heavy atom. The van der Waals surface area contributed by atoms with Crippen LogP contribution >= 0.6 is 11.6 Å². The number of aromatic nitrogens is 2. The molecule has 1 aliphatic heterocycles. The van der Waals surface area contributed by atoms with E-state index in [2.05, 4.69) is 10.4 Å². The fourth-order valence-electron chi connectivity index (χ4n) is 2.23. The highest BCUT2D eigenvalue weighted by molar-refractivity contribution is 6.30. The van der Waals surface area contributed by atoms with E-state index in [0.29, 0.717) is 10.7 Å². The van der Waals surface area contributed by atoms with Gasteiger partial charge in [0.1, 0.15) is 0 Å². The van der Waals surface area contributed by atoms with Gasteiger partial charge in [0, 0.05) is 37.4 Å². The molecule has 1 saturated heterocycles. The predicted octanol–water partition coefficient (Wildman–Crippen LogP) is 1.57. The molecule has 2 aromatic rings. The molecule has 3 rings (SSSR count). The topological polar surface area (TPSA) is 50.2 Å². The number of halogens is 1. The third kappa shape index (κ3) is 2.69. The molecule has 1 aromatic heterocycles. The third-order valence-corrected chi connectivity index (χ3v) is 3.52. The van der Waals surface area contributed by atoms with Gasteiger partial charge in [-0.15, -0.1) is 0 Å². The highest BCUT2D eigenvalue weighted by Crippen LogP contribution is 2.15. The highest BCUT2D eigenvalue weighted by atomic mass is 35.5. The quantitative estimate of drug-likeness (QED) is 0.913. The van der Waals surface area contributed by atoms with Crippen molar-refractivity contribution in [2.24, 2.45) is 0 Å². The Morgan fingerprint density at radius 2 is 2.05 bits per heavy atom. The van der Waals surface area contributed by atoms with Crippen molar-refractivity contribution in [3.63, 3.8) is 0 Å². The first kappa shape index (κ1) is 13.1. The van der Waals surface area contributed by atoms with Crippen LogP contribution in [0.4, 0.5) is 0 Å². The van der Waals surface area contributed by atoms with Crippen LogP contribution in [0.1, 0.15) is 10.5 Å². The Labute approximate surface area is 122 Å². The van der Waals surface area contributed by atoms with E-state index in [9.17, 15) is 4.79 Å². The molecular formula is C14H15ClN4O. The lowest BCUT2D eigenvalue weighted by Gasteiger charge is -2.26. The molecule has 0 unspecified atom stereocenters. The summed E-state index contributed by atoms with van der Waals surface area (Å²) in [6.07, 6.45) is 1.78. The number of hydrogen-bond acceptors (Lipinski definition) is 3. The number of hydrogen-bond donors (Lipinski definition) is 1. The summed E-state index contributed by atoms with van der Waals surface area (Å²) in [5.74, 6) is -0.0210. The highest BCUT2D eigenvalue weighted by Gasteiger charge is 2.20. The second kappa shape index (κ2) is 5.64. The Balaban J connectivity index is 1.81. The zero-order valence-electron chi connectivity index (χ0n) is 10.9. The van der Waals surface area contributed by atoms with Crippen molar-refractivity contribution in [2.45, 2.75) is 0 Å². The molecule has 5 nitrogen and oxygen atoms in total. The molecule has 1 aliphatic rings. The number of piperazine rings is 1. The van der Waals surface area contributed by atoms with Crippen LogP contribution in [-0.2, 0) is 0 Å². The molecule has 0 aliphatic carbocycles. The summed E-state index contributed by atoms with van der Waals surface area (Å²) in [4.78, 5) is 14.1. The molecule has 6 heteroatoms. The van der Waals surface area contributed by atoms with E-state index in [0.717, 1.165) is 31.9 Å². The molecule has 0 bridgehead atoms. The van der Waals surface area contributed by atoms with Crippen LogP contribution in [0.15, 0.2) is 36.5 Å². The minimum Gasteiger partial charge on any atom is -0.335 e. The summed E-state index contributed by atoms with van der Waals surface area (Å²) >= 11 is 5.96. The second-order valence-corrected chi connectivity index (χ2v) is 5.10. The van der Waals surface area contributed by atoms with Crippen molar-refractivity contribution in [3.8, 4) is 5.69 Å². The fraction of sp³-hybridized carbons (Fsp3) is 0.286. The molecule has 1 fully saturated rings. The van der Waals surface area contributed by atoms with E-state index in [-0.39, 0.29) is 5.91 Å². The van der Waals surface area contributed by atoms with E-state index >= 15 is 0 Å². The van der Waals surface area contributed by atoms with Crippen molar-refractivity contribution < 1.29 is 4.79 Å². The first-order valence-electron chi connectivity index (χ1n) is 6.56. The summed E-state index contributed by atoms with van der Waals surface area (Å²) in [6, 6.07) is 9.12. The summed E-state index contributed by atoms with van der Waals surface area (Å²) < 4.78 is 1.67. The van der Waals surface area contributed by atoms with E-state index in [4.69, 9.17) is 11.6 Å². The number of nitrogens with zero attached hydrogens (tertiary/aromatic N) is 3. The van der Waals surface area contributed by atoms with Crippen LogP contribution < -0.4 is 5.32 Å². The molecule has 1 amide bonds. The van der Waals surface area contributed by atoms with Gasteiger partial charge in [-0.2, -0.15) is 5.10 Å². The summed E-state index contributed by atoms with van der Waals surface area (Å²) in [7, 11) is 0. The van der Waals surface area contributed by atoms with Gasteiger partial charge in [-0.1, -0.05) is 17.7 Å². The number of nitrogens with one attached hydrogen (secondary N) is 1. The van der Waals surface area contributed by atoms with Crippen molar-refractivity contribution in [2.75, 3.05) is 26.2 Å². The lowest BCUT2D eigenvalue weighted by molar-refractivity contribution is 0.0729. The Morgan fingerprint density at radius 1 is 1.25 bits per heavy atom. The van der Waals surface area contributed by atoms with Crippen molar-refractivity contribution >= 4 is 17.5 Å². The molecule has 2 heterocycles. The van der Waals surface area contributed by atoms with Gasteiger partial charge in [0.25, 0.3) is 5.91 Å². The van der Waals surface area contributed by atoms with Crippen molar-refractivity contribution in [1.29, 1.82) is 0 Å². The van der Waals surface area contributed by atoms with Gasteiger partial charge in [0.15, 0.2) is 5.69 Å². The van der Waals surface area contributed by atoms with Crippen LogP contribution in [0.25, 0.3) is 5.69 Å². The average molecular weight is 291 g/mol. The van der Waals surface area contributed by atoms with Crippen molar-refractivity contribution in [3.05, 3.63) is 47.2 Å². The van der Waals surface area contributed by atoms with E-state index in [1.54, 1.807) is 23.0 Å². The van der Waals surface area contributed by atoms with Crippen LogP contribution in [0, 0.1) is 0 Å². The molecule has 20 heavy (non-hydrogen) atoms. The molecule has 0 saturated carbocycles.